The number of aryl methyl sites for hydroxylation is 1. The average molecular weight is 319 g/mol. The van der Waals surface area contributed by atoms with Gasteiger partial charge in [-0.2, -0.15) is 0 Å². The second kappa shape index (κ2) is 5.75. The van der Waals surface area contributed by atoms with E-state index in [4.69, 9.17) is 0 Å². The molecule has 0 aliphatic rings. The number of hydrogen-bond donors (Lipinski definition) is 0. The Morgan fingerprint density at radius 2 is 1.26 bits per heavy atom. The molecule has 0 amide bonds. The average Bonchev–Trinajstić information content (AvgIpc) is 2.53. The van der Waals surface area contributed by atoms with Gasteiger partial charge in [0.05, 0.1) is 0 Å². The number of rotatable bonds is 2. The normalized spacial score (nSPS) is 10.8. The van der Waals surface area contributed by atoms with Crippen molar-refractivity contribution in [2.75, 3.05) is 0 Å². The maximum absolute atomic E-state index is 14.2. The molecule has 116 valence electrons. The van der Waals surface area contributed by atoms with E-state index in [2.05, 4.69) is 15.0 Å². The van der Waals surface area contributed by atoms with Crippen molar-refractivity contribution in [2.24, 2.45) is 0 Å². The summed E-state index contributed by atoms with van der Waals surface area (Å²) < 4.78 is 53.7. The third kappa shape index (κ3) is 2.90. The Labute approximate surface area is 128 Å². The van der Waals surface area contributed by atoms with E-state index in [0.29, 0.717) is 17.7 Å². The van der Waals surface area contributed by atoms with Crippen molar-refractivity contribution in [3.63, 3.8) is 0 Å². The summed E-state index contributed by atoms with van der Waals surface area (Å²) in [5.41, 5.74) is 0.666. The zero-order chi connectivity index (χ0) is 16.6. The van der Waals surface area contributed by atoms with Crippen molar-refractivity contribution in [3.05, 3.63) is 65.6 Å². The van der Waals surface area contributed by atoms with Crippen LogP contribution in [0.4, 0.5) is 17.6 Å². The SMILES string of the molecule is Cc1cnc(-c2cnc(-c3cc(F)c(F)c(F)c3)c(F)c2)nc1. The van der Waals surface area contributed by atoms with Crippen molar-refractivity contribution in [1.82, 2.24) is 15.0 Å². The molecule has 7 heteroatoms. The smallest absolute Gasteiger partial charge is 0.194 e. The van der Waals surface area contributed by atoms with Crippen LogP contribution in [-0.4, -0.2) is 15.0 Å². The van der Waals surface area contributed by atoms with Gasteiger partial charge in [-0.3, -0.25) is 4.98 Å². The number of benzene rings is 1. The molecule has 0 aliphatic heterocycles. The second-order valence-corrected chi connectivity index (χ2v) is 4.89. The van der Waals surface area contributed by atoms with Crippen molar-refractivity contribution in [3.8, 4) is 22.6 Å². The van der Waals surface area contributed by atoms with Crippen LogP contribution < -0.4 is 0 Å². The molecule has 0 saturated carbocycles. The van der Waals surface area contributed by atoms with E-state index in [9.17, 15) is 17.6 Å². The molecule has 23 heavy (non-hydrogen) atoms. The van der Waals surface area contributed by atoms with E-state index >= 15 is 0 Å². The zero-order valence-electron chi connectivity index (χ0n) is 11.8. The summed E-state index contributed by atoms with van der Waals surface area (Å²) in [5, 5.41) is 0. The van der Waals surface area contributed by atoms with Gasteiger partial charge in [0.2, 0.25) is 0 Å². The third-order valence-corrected chi connectivity index (χ3v) is 3.14. The lowest BCUT2D eigenvalue weighted by Crippen LogP contribution is -1.97. The summed E-state index contributed by atoms with van der Waals surface area (Å²) in [6.45, 7) is 1.81. The fourth-order valence-corrected chi connectivity index (χ4v) is 2.01. The number of hydrogen-bond acceptors (Lipinski definition) is 3. The van der Waals surface area contributed by atoms with Gasteiger partial charge in [-0.15, -0.1) is 0 Å². The first-order valence-corrected chi connectivity index (χ1v) is 6.55. The minimum Gasteiger partial charge on any atom is -0.252 e. The highest BCUT2D eigenvalue weighted by molar-refractivity contribution is 5.64. The summed E-state index contributed by atoms with van der Waals surface area (Å²) in [6, 6.07) is 2.48. The van der Waals surface area contributed by atoms with Crippen molar-refractivity contribution in [2.45, 2.75) is 6.92 Å². The molecule has 0 spiro atoms. The maximum atomic E-state index is 14.2. The van der Waals surface area contributed by atoms with E-state index in [1.54, 1.807) is 12.4 Å². The van der Waals surface area contributed by atoms with Crippen LogP contribution in [0.2, 0.25) is 0 Å². The standard InChI is InChI=1S/C16H9F4N3/c1-8-5-22-16(23-6-8)10-4-13(19)15(21-7-10)9-2-11(17)14(20)12(18)3-9/h2-7H,1H3. The molecule has 0 bridgehead atoms. The Bertz CT molecular complexity index is 856. The number of halogens is 4. The van der Waals surface area contributed by atoms with Crippen molar-refractivity contribution < 1.29 is 17.6 Å². The summed E-state index contributed by atoms with van der Waals surface area (Å²) >= 11 is 0. The molecular weight excluding hydrogens is 310 g/mol. The molecule has 2 aromatic heterocycles. The van der Waals surface area contributed by atoms with Crippen molar-refractivity contribution >= 4 is 0 Å². The topological polar surface area (TPSA) is 38.7 Å². The van der Waals surface area contributed by atoms with Gasteiger partial charge in [0, 0.05) is 29.7 Å². The molecule has 0 unspecified atom stereocenters. The van der Waals surface area contributed by atoms with Crippen LogP contribution in [0.3, 0.4) is 0 Å². The Morgan fingerprint density at radius 1 is 0.696 bits per heavy atom. The number of nitrogens with zero attached hydrogens (tertiary/aromatic N) is 3. The zero-order valence-corrected chi connectivity index (χ0v) is 11.8. The first-order chi connectivity index (χ1) is 11.0. The van der Waals surface area contributed by atoms with E-state index < -0.39 is 23.3 Å². The molecule has 1 aromatic carbocycles. The van der Waals surface area contributed by atoms with Gasteiger partial charge in [0.25, 0.3) is 0 Å². The first kappa shape index (κ1) is 15.1. The van der Waals surface area contributed by atoms with Crippen LogP contribution in [0.15, 0.2) is 36.8 Å². The molecule has 3 nitrogen and oxygen atoms in total. The fourth-order valence-electron chi connectivity index (χ4n) is 2.01. The molecule has 0 fully saturated rings. The summed E-state index contributed by atoms with van der Waals surface area (Å²) in [7, 11) is 0. The summed E-state index contributed by atoms with van der Waals surface area (Å²) in [4.78, 5) is 11.9. The summed E-state index contributed by atoms with van der Waals surface area (Å²) in [5.74, 6) is -4.99. The minimum atomic E-state index is -1.61. The Morgan fingerprint density at radius 3 is 1.83 bits per heavy atom. The summed E-state index contributed by atoms with van der Waals surface area (Å²) in [6.07, 6.45) is 4.42. The van der Waals surface area contributed by atoms with Gasteiger partial charge in [0.15, 0.2) is 23.3 Å². The highest BCUT2D eigenvalue weighted by atomic mass is 19.2. The Balaban J connectivity index is 2.04. The van der Waals surface area contributed by atoms with Crippen LogP contribution in [0.25, 0.3) is 22.6 Å². The largest absolute Gasteiger partial charge is 0.252 e. The van der Waals surface area contributed by atoms with Gasteiger partial charge in [-0.05, 0) is 30.7 Å². The predicted molar refractivity (Wildman–Crippen MR) is 75.3 cm³/mol. The monoisotopic (exact) mass is 319 g/mol. The van der Waals surface area contributed by atoms with Crippen molar-refractivity contribution in [1.29, 1.82) is 0 Å². The molecule has 3 aromatic rings. The van der Waals surface area contributed by atoms with Crippen LogP contribution in [0.1, 0.15) is 5.56 Å². The number of aromatic nitrogens is 3. The molecule has 0 N–H and O–H groups in total. The lowest BCUT2D eigenvalue weighted by Gasteiger charge is -2.06. The van der Waals surface area contributed by atoms with Crippen LogP contribution in [0, 0.1) is 30.2 Å². The third-order valence-electron chi connectivity index (χ3n) is 3.14. The first-order valence-electron chi connectivity index (χ1n) is 6.55. The second-order valence-electron chi connectivity index (χ2n) is 4.89. The van der Waals surface area contributed by atoms with Gasteiger partial charge in [-0.25, -0.2) is 27.5 Å². The maximum Gasteiger partial charge on any atom is 0.194 e. The van der Waals surface area contributed by atoms with Crippen LogP contribution >= 0.6 is 0 Å². The number of pyridine rings is 1. The van der Waals surface area contributed by atoms with Gasteiger partial charge >= 0.3 is 0 Å². The lowest BCUT2D eigenvalue weighted by molar-refractivity contribution is 0.447. The van der Waals surface area contributed by atoms with Crippen LogP contribution in [0.5, 0.6) is 0 Å². The highest BCUT2D eigenvalue weighted by Crippen LogP contribution is 2.26. The Kier molecular flexibility index (Phi) is 3.77. The van der Waals surface area contributed by atoms with E-state index in [0.717, 1.165) is 11.6 Å². The minimum absolute atomic E-state index is 0.199. The van der Waals surface area contributed by atoms with E-state index in [-0.39, 0.29) is 17.1 Å². The molecular formula is C16H9F4N3. The van der Waals surface area contributed by atoms with Gasteiger partial charge in [0.1, 0.15) is 11.5 Å². The van der Waals surface area contributed by atoms with Crippen LogP contribution in [-0.2, 0) is 0 Å². The quantitative estimate of drug-likeness (QED) is 0.528. The highest BCUT2D eigenvalue weighted by Gasteiger charge is 2.16. The van der Waals surface area contributed by atoms with E-state index in [1.807, 2.05) is 6.92 Å². The lowest BCUT2D eigenvalue weighted by atomic mass is 10.1. The van der Waals surface area contributed by atoms with Gasteiger partial charge in [-0.1, -0.05) is 0 Å². The van der Waals surface area contributed by atoms with Gasteiger partial charge < -0.3 is 0 Å². The molecule has 0 saturated heterocycles. The molecule has 0 atom stereocenters. The molecule has 2 heterocycles. The predicted octanol–water partition coefficient (Wildman–Crippen LogP) is 4.07. The Hall–Kier alpha value is -2.83. The van der Waals surface area contributed by atoms with E-state index in [1.165, 1.54) is 6.20 Å². The molecule has 0 radical (unpaired) electrons. The molecule has 3 rings (SSSR count). The molecule has 0 aliphatic carbocycles. The fraction of sp³-hybridized carbons (Fsp3) is 0.0625.